The molecule has 11 heteroatoms. The van der Waals surface area contributed by atoms with Crippen LogP contribution in [0.4, 0.5) is 5.69 Å². The number of imide groups is 1. The molecule has 0 saturated carbocycles. The van der Waals surface area contributed by atoms with Crippen molar-refractivity contribution in [3.8, 4) is 17.1 Å². The Labute approximate surface area is 241 Å². The summed E-state index contributed by atoms with van der Waals surface area (Å²) in [4.78, 5) is 58.4. The summed E-state index contributed by atoms with van der Waals surface area (Å²) in [5.74, 6) is -0.590. The summed E-state index contributed by atoms with van der Waals surface area (Å²) in [5.41, 5.74) is 2.51. The molecule has 42 heavy (non-hydrogen) atoms. The number of aromatic nitrogens is 2. The molecular weight excluding hydrogens is 538 g/mol. The first-order valence-electron chi connectivity index (χ1n) is 13.5. The molecule has 0 spiro atoms. The summed E-state index contributed by atoms with van der Waals surface area (Å²) in [7, 11) is 1.58. The molecule has 6 rings (SSSR count). The second-order valence-electron chi connectivity index (χ2n) is 10.1. The number of para-hydroxylation sites is 1. The van der Waals surface area contributed by atoms with E-state index < -0.39 is 11.8 Å². The van der Waals surface area contributed by atoms with Gasteiger partial charge in [-0.1, -0.05) is 41.6 Å². The predicted molar refractivity (Wildman–Crippen MR) is 151 cm³/mol. The van der Waals surface area contributed by atoms with Gasteiger partial charge < -0.3 is 19.5 Å². The first-order chi connectivity index (χ1) is 20.4. The molecule has 11 nitrogen and oxygen atoms in total. The maximum Gasteiger partial charge on any atom is 0.313 e. The van der Waals surface area contributed by atoms with E-state index in [1.165, 1.54) is 9.80 Å². The third-order valence-corrected chi connectivity index (χ3v) is 7.52. The predicted octanol–water partition coefficient (Wildman–Crippen LogP) is 3.89. The van der Waals surface area contributed by atoms with Crippen molar-refractivity contribution in [2.75, 3.05) is 25.5 Å². The minimum Gasteiger partial charge on any atom is -0.496 e. The summed E-state index contributed by atoms with van der Waals surface area (Å²) >= 11 is 0. The highest BCUT2D eigenvalue weighted by atomic mass is 16.5. The fourth-order valence-electron chi connectivity index (χ4n) is 5.31. The van der Waals surface area contributed by atoms with Gasteiger partial charge >= 0.3 is 11.8 Å². The standard InChI is InChI=1S/C31H27N5O6/c1-41-25-12-5-4-11-24(25)26-33-28(42-34-26)20-13-15-35(16-14-20)31(40)27(37)32-21-8-6-7-19(17-21)18-36-29(38)22-9-2-3-10-23(22)30(36)39/h2-12,17,20H,13-16,18H2,1H3,(H,32,37). The number of likely N-dealkylation sites (tertiary alicyclic amines) is 1. The van der Waals surface area contributed by atoms with Gasteiger partial charge in [0.05, 0.1) is 30.3 Å². The summed E-state index contributed by atoms with van der Waals surface area (Å²) in [6, 6.07) is 20.8. The van der Waals surface area contributed by atoms with E-state index >= 15 is 0 Å². The number of hydrogen-bond acceptors (Lipinski definition) is 8. The number of fused-ring (bicyclic) bond motifs is 1. The molecule has 212 valence electrons. The maximum absolute atomic E-state index is 12.9. The normalized spacial score (nSPS) is 15.1. The zero-order valence-corrected chi connectivity index (χ0v) is 22.8. The lowest BCUT2D eigenvalue weighted by Gasteiger charge is -2.29. The molecule has 0 atom stereocenters. The maximum atomic E-state index is 12.9. The van der Waals surface area contributed by atoms with Crippen LogP contribution in [0.1, 0.15) is 50.9 Å². The van der Waals surface area contributed by atoms with E-state index in [-0.39, 0.29) is 24.3 Å². The second-order valence-corrected chi connectivity index (χ2v) is 10.1. The molecule has 3 aromatic carbocycles. The van der Waals surface area contributed by atoms with E-state index in [1.54, 1.807) is 55.6 Å². The molecule has 4 aromatic rings. The molecular formula is C31H27N5O6. The topological polar surface area (TPSA) is 135 Å². The van der Waals surface area contributed by atoms with E-state index in [2.05, 4.69) is 15.5 Å². The van der Waals surface area contributed by atoms with Crippen molar-refractivity contribution in [1.29, 1.82) is 0 Å². The Morgan fingerprint density at radius 3 is 2.29 bits per heavy atom. The molecule has 4 amide bonds. The van der Waals surface area contributed by atoms with Crippen LogP contribution in [0.2, 0.25) is 0 Å². The van der Waals surface area contributed by atoms with Crippen molar-refractivity contribution in [3.63, 3.8) is 0 Å². The molecule has 3 heterocycles. The molecule has 0 radical (unpaired) electrons. The van der Waals surface area contributed by atoms with Gasteiger partial charge in [0.15, 0.2) is 0 Å². The number of carbonyl (C=O) groups excluding carboxylic acids is 4. The van der Waals surface area contributed by atoms with Crippen LogP contribution >= 0.6 is 0 Å². The van der Waals surface area contributed by atoms with E-state index in [1.807, 2.05) is 24.3 Å². The third-order valence-electron chi connectivity index (χ3n) is 7.52. The van der Waals surface area contributed by atoms with Gasteiger partial charge in [0, 0.05) is 24.7 Å². The van der Waals surface area contributed by atoms with Crippen LogP contribution in [0.15, 0.2) is 77.3 Å². The quantitative estimate of drug-likeness (QED) is 0.275. The van der Waals surface area contributed by atoms with Crippen molar-refractivity contribution in [3.05, 3.63) is 95.4 Å². The highest BCUT2D eigenvalue weighted by Gasteiger charge is 2.35. The van der Waals surface area contributed by atoms with Crippen molar-refractivity contribution >= 4 is 29.3 Å². The fraction of sp³-hybridized carbons (Fsp3) is 0.226. The SMILES string of the molecule is COc1ccccc1-c1noc(C2CCN(C(=O)C(=O)Nc3cccc(CN4C(=O)c5ccccc5C4=O)c3)CC2)n1. The Hall–Kier alpha value is -5.32. The summed E-state index contributed by atoms with van der Waals surface area (Å²) in [6.45, 7) is 0.776. The summed E-state index contributed by atoms with van der Waals surface area (Å²) < 4.78 is 10.9. The van der Waals surface area contributed by atoms with Crippen LogP contribution < -0.4 is 10.1 Å². The Morgan fingerprint density at radius 1 is 0.929 bits per heavy atom. The zero-order valence-electron chi connectivity index (χ0n) is 22.8. The number of piperidine rings is 1. The number of benzene rings is 3. The lowest BCUT2D eigenvalue weighted by molar-refractivity contribution is -0.143. The average Bonchev–Trinajstić information content (AvgIpc) is 3.61. The molecule has 2 aliphatic heterocycles. The lowest BCUT2D eigenvalue weighted by Crippen LogP contribution is -2.43. The monoisotopic (exact) mass is 565 g/mol. The van der Waals surface area contributed by atoms with Crippen molar-refractivity contribution in [1.82, 2.24) is 19.9 Å². The number of nitrogens with one attached hydrogen (secondary N) is 1. The number of anilines is 1. The smallest absolute Gasteiger partial charge is 0.313 e. The van der Waals surface area contributed by atoms with Gasteiger partial charge in [-0.05, 0) is 54.8 Å². The van der Waals surface area contributed by atoms with E-state index in [0.717, 1.165) is 5.56 Å². The number of amides is 4. The minimum atomic E-state index is -0.762. The molecule has 1 aromatic heterocycles. The summed E-state index contributed by atoms with van der Waals surface area (Å²) in [6.07, 6.45) is 1.14. The number of ether oxygens (including phenoxy) is 1. The van der Waals surface area contributed by atoms with Crippen molar-refractivity contribution in [2.24, 2.45) is 0 Å². The highest BCUT2D eigenvalue weighted by molar-refractivity contribution is 6.39. The molecule has 0 aliphatic carbocycles. The average molecular weight is 566 g/mol. The van der Waals surface area contributed by atoms with E-state index in [0.29, 0.717) is 65.8 Å². The summed E-state index contributed by atoms with van der Waals surface area (Å²) in [5, 5.41) is 6.75. The van der Waals surface area contributed by atoms with Crippen LogP contribution in [0.3, 0.4) is 0 Å². The largest absolute Gasteiger partial charge is 0.496 e. The van der Waals surface area contributed by atoms with Crippen LogP contribution in [0.5, 0.6) is 5.75 Å². The zero-order chi connectivity index (χ0) is 29.2. The molecule has 1 N–H and O–H groups in total. The molecule has 1 fully saturated rings. The van der Waals surface area contributed by atoms with Gasteiger partial charge in [-0.25, -0.2) is 0 Å². The number of methoxy groups -OCH3 is 1. The second kappa shape index (κ2) is 11.3. The van der Waals surface area contributed by atoms with Crippen LogP contribution in [0, 0.1) is 0 Å². The molecule has 0 bridgehead atoms. The van der Waals surface area contributed by atoms with Gasteiger partial charge in [0.2, 0.25) is 11.7 Å². The van der Waals surface area contributed by atoms with Crippen LogP contribution in [0.25, 0.3) is 11.4 Å². The van der Waals surface area contributed by atoms with Crippen LogP contribution in [-0.2, 0) is 16.1 Å². The Bertz CT molecular complexity index is 1660. The number of nitrogens with zero attached hydrogens (tertiary/aromatic N) is 4. The van der Waals surface area contributed by atoms with Gasteiger partial charge in [-0.2, -0.15) is 4.98 Å². The molecule has 0 unspecified atom stereocenters. The van der Waals surface area contributed by atoms with Crippen molar-refractivity contribution < 1.29 is 28.4 Å². The number of hydrogen-bond donors (Lipinski definition) is 1. The highest BCUT2D eigenvalue weighted by Crippen LogP contribution is 2.32. The van der Waals surface area contributed by atoms with Gasteiger partial charge in [-0.3, -0.25) is 24.1 Å². The lowest BCUT2D eigenvalue weighted by atomic mass is 9.96. The minimum absolute atomic E-state index is 0.0353. The van der Waals surface area contributed by atoms with Gasteiger partial charge in [-0.15, -0.1) is 0 Å². The Balaban J connectivity index is 1.04. The van der Waals surface area contributed by atoms with E-state index in [9.17, 15) is 19.2 Å². The van der Waals surface area contributed by atoms with Crippen molar-refractivity contribution in [2.45, 2.75) is 25.3 Å². The number of carbonyl (C=O) groups is 4. The van der Waals surface area contributed by atoms with E-state index in [4.69, 9.17) is 9.26 Å². The number of rotatable bonds is 6. The van der Waals surface area contributed by atoms with Crippen LogP contribution in [-0.4, -0.2) is 63.8 Å². The Kier molecular flexibility index (Phi) is 7.22. The molecule has 2 aliphatic rings. The third kappa shape index (κ3) is 5.12. The Morgan fingerprint density at radius 2 is 1.60 bits per heavy atom. The first-order valence-corrected chi connectivity index (χ1v) is 13.5. The molecule has 1 saturated heterocycles. The fourth-order valence-corrected chi connectivity index (χ4v) is 5.31. The van der Waals surface area contributed by atoms with Gasteiger partial charge in [0.25, 0.3) is 11.8 Å². The van der Waals surface area contributed by atoms with Gasteiger partial charge in [0.1, 0.15) is 5.75 Å². The first kappa shape index (κ1) is 26.9.